The zero-order valence-electron chi connectivity index (χ0n) is 13.7. The molecule has 0 spiro atoms. The van der Waals surface area contributed by atoms with Gasteiger partial charge >= 0.3 is 12.1 Å². The molecule has 1 aliphatic carbocycles. The van der Waals surface area contributed by atoms with E-state index >= 15 is 0 Å². The lowest BCUT2D eigenvalue weighted by molar-refractivity contribution is -0.151. The van der Waals surface area contributed by atoms with Gasteiger partial charge in [-0.2, -0.15) is 0 Å². The second-order valence-corrected chi connectivity index (χ2v) is 6.41. The van der Waals surface area contributed by atoms with Gasteiger partial charge in [-0.15, -0.1) is 0 Å². The Labute approximate surface area is 127 Å². The maximum absolute atomic E-state index is 12.2. The van der Waals surface area contributed by atoms with E-state index in [1.165, 1.54) is 0 Å². The molecule has 1 amide bonds. The molecule has 2 atom stereocenters. The molecular weight excluding hydrogens is 270 g/mol. The van der Waals surface area contributed by atoms with Gasteiger partial charge in [0.15, 0.2) is 0 Å². The highest BCUT2D eigenvalue weighted by Crippen LogP contribution is 2.57. The van der Waals surface area contributed by atoms with E-state index in [1.807, 2.05) is 6.92 Å². The minimum absolute atomic E-state index is 0.121. The Morgan fingerprint density at radius 1 is 1.29 bits per heavy atom. The SMILES string of the molecule is CCCCOC(=O)NCCOC(=O)C1(CC(C)C)CC1C. The van der Waals surface area contributed by atoms with Crippen LogP contribution in [0.2, 0.25) is 0 Å². The number of rotatable bonds is 9. The van der Waals surface area contributed by atoms with Crippen LogP contribution in [-0.4, -0.2) is 31.8 Å². The molecule has 1 rings (SSSR count). The van der Waals surface area contributed by atoms with Crippen LogP contribution in [0.15, 0.2) is 0 Å². The van der Waals surface area contributed by atoms with Crippen molar-refractivity contribution in [3.05, 3.63) is 0 Å². The molecule has 0 aromatic heterocycles. The standard InChI is InChI=1S/C16H29NO4/c1-5-6-8-21-15(19)17-7-9-20-14(18)16(10-12(2)3)11-13(16)4/h12-13H,5-11H2,1-4H3,(H,17,19). The molecule has 1 N–H and O–H groups in total. The number of nitrogens with one attached hydrogen (secondary N) is 1. The maximum Gasteiger partial charge on any atom is 0.407 e. The highest BCUT2D eigenvalue weighted by atomic mass is 16.6. The third kappa shape index (κ3) is 5.56. The first-order valence-corrected chi connectivity index (χ1v) is 8.00. The summed E-state index contributed by atoms with van der Waals surface area (Å²) < 4.78 is 10.3. The second-order valence-electron chi connectivity index (χ2n) is 6.41. The molecule has 1 fully saturated rings. The Morgan fingerprint density at radius 3 is 2.48 bits per heavy atom. The van der Waals surface area contributed by atoms with Gasteiger partial charge in [-0.3, -0.25) is 4.79 Å². The zero-order valence-corrected chi connectivity index (χ0v) is 13.7. The third-order valence-corrected chi connectivity index (χ3v) is 3.97. The number of alkyl carbamates (subject to hydrolysis) is 1. The summed E-state index contributed by atoms with van der Waals surface area (Å²) in [4.78, 5) is 23.5. The first kappa shape index (κ1) is 17.8. The minimum Gasteiger partial charge on any atom is -0.463 e. The average Bonchev–Trinajstić information content (AvgIpc) is 3.05. The largest absolute Gasteiger partial charge is 0.463 e. The van der Waals surface area contributed by atoms with E-state index in [0.717, 1.165) is 25.7 Å². The van der Waals surface area contributed by atoms with Crippen LogP contribution >= 0.6 is 0 Å². The third-order valence-electron chi connectivity index (χ3n) is 3.97. The fraction of sp³-hybridized carbons (Fsp3) is 0.875. The number of esters is 1. The van der Waals surface area contributed by atoms with Crippen molar-refractivity contribution in [3.63, 3.8) is 0 Å². The van der Waals surface area contributed by atoms with Gasteiger partial charge in [0.25, 0.3) is 0 Å². The van der Waals surface area contributed by atoms with Crippen LogP contribution in [-0.2, 0) is 14.3 Å². The number of carbonyl (C=O) groups excluding carboxylic acids is 2. The number of carbonyl (C=O) groups is 2. The highest BCUT2D eigenvalue weighted by Gasteiger charge is 2.58. The fourth-order valence-corrected chi connectivity index (χ4v) is 2.67. The molecule has 0 aromatic rings. The number of hydrogen-bond donors (Lipinski definition) is 1. The van der Waals surface area contributed by atoms with Gasteiger partial charge < -0.3 is 14.8 Å². The van der Waals surface area contributed by atoms with Gasteiger partial charge in [0, 0.05) is 0 Å². The van der Waals surface area contributed by atoms with Crippen molar-refractivity contribution >= 4 is 12.1 Å². The molecule has 21 heavy (non-hydrogen) atoms. The van der Waals surface area contributed by atoms with Gasteiger partial charge in [0.1, 0.15) is 6.61 Å². The van der Waals surface area contributed by atoms with Crippen molar-refractivity contribution < 1.29 is 19.1 Å². The monoisotopic (exact) mass is 299 g/mol. The Kier molecular flexibility index (Phi) is 6.99. The van der Waals surface area contributed by atoms with Gasteiger partial charge in [0.2, 0.25) is 0 Å². The van der Waals surface area contributed by atoms with E-state index in [9.17, 15) is 9.59 Å². The van der Waals surface area contributed by atoms with Crippen LogP contribution in [0.25, 0.3) is 0 Å². The van der Waals surface area contributed by atoms with Crippen LogP contribution < -0.4 is 5.32 Å². The molecule has 0 saturated heterocycles. The zero-order chi connectivity index (χ0) is 15.9. The fourth-order valence-electron chi connectivity index (χ4n) is 2.67. The lowest BCUT2D eigenvalue weighted by Gasteiger charge is -2.17. The van der Waals surface area contributed by atoms with Gasteiger partial charge in [0.05, 0.1) is 18.6 Å². The molecule has 0 bridgehead atoms. The quantitative estimate of drug-likeness (QED) is 0.525. The van der Waals surface area contributed by atoms with Crippen molar-refractivity contribution in [2.75, 3.05) is 19.8 Å². The average molecular weight is 299 g/mol. The molecule has 122 valence electrons. The van der Waals surface area contributed by atoms with Crippen LogP contribution in [0.3, 0.4) is 0 Å². The van der Waals surface area contributed by atoms with Crippen molar-refractivity contribution in [2.45, 2.75) is 53.4 Å². The van der Waals surface area contributed by atoms with Gasteiger partial charge in [-0.1, -0.05) is 34.1 Å². The summed E-state index contributed by atoms with van der Waals surface area (Å²) in [6, 6.07) is 0. The normalized spacial score (nSPS) is 23.8. The van der Waals surface area contributed by atoms with E-state index in [0.29, 0.717) is 25.0 Å². The summed E-state index contributed by atoms with van der Waals surface area (Å²) in [6.07, 6.45) is 3.19. The van der Waals surface area contributed by atoms with E-state index in [1.54, 1.807) is 0 Å². The predicted octanol–water partition coefficient (Wildman–Crippen LogP) is 3.13. The topological polar surface area (TPSA) is 64.6 Å². The molecule has 0 aromatic carbocycles. The van der Waals surface area contributed by atoms with Crippen molar-refractivity contribution in [1.29, 1.82) is 0 Å². The van der Waals surface area contributed by atoms with Gasteiger partial charge in [-0.05, 0) is 31.1 Å². The smallest absolute Gasteiger partial charge is 0.407 e. The number of unbranched alkanes of at least 4 members (excludes halogenated alkanes) is 1. The molecular formula is C16H29NO4. The summed E-state index contributed by atoms with van der Waals surface area (Å²) in [6.45, 7) is 9.29. The molecule has 0 radical (unpaired) electrons. The summed E-state index contributed by atoms with van der Waals surface area (Å²) >= 11 is 0. The number of ether oxygens (including phenoxy) is 2. The van der Waals surface area contributed by atoms with Crippen molar-refractivity contribution in [2.24, 2.45) is 17.3 Å². The van der Waals surface area contributed by atoms with Crippen LogP contribution in [0.5, 0.6) is 0 Å². The van der Waals surface area contributed by atoms with Crippen molar-refractivity contribution in [3.8, 4) is 0 Å². The molecule has 1 aliphatic rings. The predicted molar refractivity (Wildman–Crippen MR) is 80.9 cm³/mol. The first-order valence-electron chi connectivity index (χ1n) is 8.00. The summed E-state index contributed by atoms with van der Waals surface area (Å²) in [5.74, 6) is 0.762. The first-order chi connectivity index (χ1) is 9.92. The number of hydrogen-bond acceptors (Lipinski definition) is 4. The van der Waals surface area contributed by atoms with E-state index < -0.39 is 6.09 Å². The number of amides is 1. The lowest BCUT2D eigenvalue weighted by Crippen LogP contribution is -2.31. The Morgan fingerprint density at radius 2 is 1.95 bits per heavy atom. The maximum atomic E-state index is 12.2. The van der Waals surface area contributed by atoms with Crippen molar-refractivity contribution in [1.82, 2.24) is 5.32 Å². The highest BCUT2D eigenvalue weighted by molar-refractivity contribution is 5.80. The molecule has 0 aliphatic heterocycles. The van der Waals surface area contributed by atoms with E-state index in [-0.39, 0.29) is 18.0 Å². The van der Waals surface area contributed by atoms with Crippen LogP contribution in [0.4, 0.5) is 4.79 Å². The summed E-state index contributed by atoms with van der Waals surface area (Å²) in [5, 5.41) is 2.58. The van der Waals surface area contributed by atoms with Gasteiger partial charge in [-0.25, -0.2) is 4.79 Å². The van der Waals surface area contributed by atoms with Crippen LogP contribution in [0, 0.1) is 17.3 Å². The Balaban J connectivity index is 2.17. The minimum atomic E-state index is -0.448. The summed E-state index contributed by atoms with van der Waals surface area (Å²) in [5.41, 5.74) is -0.282. The second kappa shape index (κ2) is 8.25. The van der Waals surface area contributed by atoms with E-state index in [2.05, 4.69) is 26.1 Å². The molecule has 2 unspecified atom stereocenters. The van der Waals surface area contributed by atoms with E-state index in [4.69, 9.17) is 9.47 Å². The Hall–Kier alpha value is -1.26. The molecule has 0 heterocycles. The Bertz CT molecular complexity index is 356. The molecule has 5 heteroatoms. The lowest BCUT2D eigenvalue weighted by atomic mass is 9.92. The summed E-state index contributed by atoms with van der Waals surface area (Å²) in [7, 11) is 0. The molecule has 5 nitrogen and oxygen atoms in total. The van der Waals surface area contributed by atoms with Crippen LogP contribution in [0.1, 0.15) is 53.4 Å². The molecule has 1 saturated carbocycles.